The van der Waals surface area contributed by atoms with Crippen LogP contribution in [0.25, 0.3) is 0 Å². The first kappa shape index (κ1) is 16.1. The molecular formula is C17H25BO3. The Morgan fingerprint density at radius 2 is 1.52 bits per heavy atom. The van der Waals surface area contributed by atoms with Crippen LogP contribution in [0, 0.1) is 5.41 Å². The molecule has 1 saturated heterocycles. The van der Waals surface area contributed by atoms with E-state index in [1.54, 1.807) is 0 Å². The highest BCUT2D eigenvalue weighted by Crippen LogP contribution is 2.44. The molecule has 0 unspecified atom stereocenters. The van der Waals surface area contributed by atoms with Gasteiger partial charge < -0.3 is 14.4 Å². The zero-order chi connectivity index (χ0) is 16.1. The van der Waals surface area contributed by atoms with Crippen molar-refractivity contribution in [2.45, 2.75) is 52.7 Å². The van der Waals surface area contributed by atoms with Gasteiger partial charge in [0.15, 0.2) is 0 Å². The molecule has 1 fully saturated rings. The minimum Gasteiger partial charge on any atom is -0.511 e. The highest BCUT2D eigenvalue weighted by molar-refractivity contribution is 6.55. The van der Waals surface area contributed by atoms with Gasteiger partial charge in [-0.1, -0.05) is 24.3 Å². The van der Waals surface area contributed by atoms with Crippen LogP contribution in [0.2, 0.25) is 0 Å². The smallest absolute Gasteiger partial charge is 0.490 e. The van der Waals surface area contributed by atoms with Gasteiger partial charge >= 0.3 is 7.12 Å². The maximum absolute atomic E-state index is 10.6. The molecule has 0 saturated carbocycles. The van der Waals surface area contributed by atoms with Gasteiger partial charge in [0.1, 0.15) is 5.76 Å². The Labute approximate surface area is 128 Å². The van der Waals surface area contributed by atoms with Gasteiger partial charge in [-0.05, 0) is 47.0 Å². The summed E-state index contributed by atoms with van der Waals surface area (Å²) in [4.78, 5) is 0. The van der Waals surface area contributed by atoms with Crippen molar-refractivity contribution in [3.05, 3.63) is 47.7 Å². The third kappa shape index (κ3) is 2.63. The summed E-state index contributed by atoms with van der Waals surface area (Å²) >= 11 is 0. The van der Waals surface area contributed by atoms with Crippen molar-refractivity contribution in [1.82, 2.24) is 0 Å². The van der Waals surface area contributed by atoms with Crippen LogP contribution >= 0.6 is 0 Å². The van der Waals surface area contributed by atoms with E-state index in [4.69, 9.17) is 9.31 Å². The van der Waals surface area contributed by atoms with Crippen molar-refractivity contribution in [3.8, 4) is 0 Å². The van der Waals surface area contributed by atoms with Crippen molar-refractivity contribution in [1.29, 1.82) is 0 Å². The van der Waals surface area contributed by atoms with Crippen LogP contribution in [-0.4, -0.2) is 23.4 Å². The largest absolute Gasteiger partial charge is 0.511 e. The molecule has 3 nitrogen and oxygen atoms in total. The molecule has 0 aromatic rings. The van der Waals surface area contributed by atoms with Crippen molar-refractivity contribution in [3.63, 3.8) is 0 Å². The molecule has 0 radical (unpaired) electrons. The lowest BCUT2D eigenvalue weighted by Crippen LogP contribution is -2.41. The zero-order valence-corrected chi connectivity index (χ0v) is 13.9. The summed E-state index contributed by atoms with van der Waals surface area (Å²) in [7, 11) is -0.526. The SMILES string of the molecule is C=C(B1OC(C)(C)C(C)(C)O1)C(C)(C)C(O)=C1C=CC=C1. The van der Waals surface area contributed by atoms with Crippen LogP contribution in [-0.2, 0) is 9.31 Å². The molecule has 0 bridgehead atoms. The van der Waals surface area contributed by atoms with E-state index < -0.39 is 23.7 Å². The molecular weight excluding hydrogens is 263 g/mol. The summed E-state index contributed by atoms with van der Waals surface area (Å²) in [5, 5.41) is 10.6. The third-order valence-electron chi connectivity index (χ3n) is 4.87. The van der Waals surface area contributed by atoms with Gasteiger partial charge in [0.25, 0.3) is 0 Å². The van der Waals surface area contributed by atoms with Crippen molar-refractivity contribution < 1.29 is 14.4 Å². The zero-order valence-electron chi connectivity index (χ0n) is 13.9. The Kier molecular flexibility index (Phi) is 3.75. The van der Waals surface area contributed by atoms with E-state index in [1.807, 2.05) is 65.8 Å². The van der Waals surface area contributed by atoms with E-state index in [-0.39, 0.29) is 5.76 Å². The second-order valence-corrected chi connectivity index (χ2v) is 7.26. The number of aliphatic hydroxyl groups excluding tert-OH is 1. The first-order chi connectivity index (χ1) is 9.49. The third-order valence-corrected chi connectivity index (χ3v) is 4.87. The van der Waals surface area contributed by atoms with E-state index in [0.717, 1.165) is 11.0 Å². The predicted octanol–water partition coefficient (Wildman–Crippen LogP) is 4.14. The van der Waals surface area contributed by atoms with Gasteiger partial charge in [0, 0.05) is 11.0 Å². The molecule has 0 atom stereocenters. The molecule has 0 aromatic heterocycles. The maximum Gasteiger partial charge on any atom is 0.490 e. The van der Waals surface area contributed by atoms with E-state index >= 15 is 0 Å². The minimum absolute atomic E-state index is 0.284. The molecule has 1 aliphatic carbocycles. The van der Waals surface area contributed by atoms with Crippen molar-refractivity contribution >= 4 is 7.12 Å². The van der Waals surface area contributed by atoms with Gasteiger partial charge in [-0.2, -0.15) is 0 Å². The average molecular weight is 288 g/mol. The molecule has 0 amide bonds. The highest BCUT2D eigenvalue weighted by atomic mass is 16.7. The van der Waals surface area contributed by atoms with Gasteiger partial charge in [-0.15, -0.1) is 6.58 Å². The summed E-state index contributed by atoms with van der Waals surface area (Å²) in [6.07, 6.45) is 7.57. The van der Waals surface area contributed by atoms with Crippen LogP contribution in [0.15, 0.2) is 47.7 Å². The number of hydrogen-bond acceptors (Lipinski definition) is 3. The minimum atomic E-state index is -0.629. The summed E-state index contributed by atoms with van der Waals surface area (Å²) in [6.45, 7) is 16.0. The first-order valence-corrected chi connectivity index (χ1v) is 7.32. The number of allylic oxidation sites excluding steroid dienone is 6. The summed E-state index contributed by atoms with van der Waals surface area (Å²) in [5.41, 5.74) is 0.0758. The van der Waals surface area contributed by atoms with Crippen LogP contribution in [0.5, 0.6) is 0 Å². The predicted molar refractivity (Wildman–Crippen MR) is 86.9 cm³/mol. The Morgan fingerprint density at radius 1 is 1.10 bits per heavy atom. The highest BCUT2D eigenvalue weighted by Gasteiger charge is 2.54. The fourth-order valence-corrected chi connectivity index (χ4v) is 2.32. The van der Waals surface area contributed by atoms with Crippen molar-refractivity contribution in [2.75, 3.05) is 0 Å². The molecule has 1 N–H and O–H groups in total. The molecule has 1 heterocycles. The van der Waals surface area contributed by atoms with E-state index in [1.165, 1.54) is 0 Å². The molecule has 2 rings (SSSR count). The van der Waals surface area contributed by atoms with Crippen molar-refractivity contribution in [2.24, 2.45) is 5.41 Å². The van der Waals surface area contributed by atoms with Crippen LogP contribution in [0.4, 0.5) is 0 Å². The van der Waals surface area contributed by atoms with E-state index in [2.05, 4.69) is 6.58 Å². The summed E-state index contributed by atoms with van der Waals surface area (Å²) < 4.78 is 12.1. The van der Waals surface area contributed by atoms with Gasteiger partial charge in [-0.25, -0.2) is 0 Å². The maximum atomic E-state index is 10.6. The summed E-state index contributed by atoms with van der Waals surface area (Å²) in [6, 6.07) is 0. The lowest BCUT2D eigenvalue weighted by Gasteiger charge is -2.32. The van der Waals surface area contributed by atoms with E-state index in [0.29, 0.717) is 0 Å². The Bertz CT molecular complexity index is 520. The Morgan fingerprint density at radius 3 is 1.95 bits per heavy atom. The lowest BCUT2D eigenvalue weighted by atomic mass is 9.63. The standard InChI is InChI=1S/C17H25BO3/c1-12(18-20-16(4,5)17(6,7)21-18)15(2,3)14(19)13-10-8-9-11-13/h8-11,19H,1H2,2-7H3. The quantitative estimate of drug-likeness (QED) is 0.626. The molecule has 2 aliphatic rings. The van der Waals surface area contributed by atoms with Crippen LogP contribution < -0.4 is 0 Å². The fraction of sp³-hybridized carbons (Fsp3) is 0.529. The Hall–Kier alpha value is -1.26. The van der Waals surface area contributed by atoms with Crippen LogP contribution in [0.3, 0.4) is 0 Å². The first-order valence-electron chi connectivity index (χ1n) is 7.32. The van der Waals surface area contributed by atoms with E-state index in [9.17, 15) is 5.11 Å². The topological polar surface area (TPSA) is 38.7 Å². The van der Waals surface area contributed by atoms with Gasteiger partial charge in [0.05, 0.1) is 11.2 Å². The Balaban J connectivity index is 2.27. The molecule has 0 spiro atoms. The van der Waals surface area contributed by atoms with Gasteiger partial charge in [-0.3, -0.25) is 0 Å². The fourth-order valence-electron chi connectivity index (χ4n) is 2.32. The molecule has 0 aromatic carbocycles. The lowest BCUT2D eigenvalue weighted by molar-refractivity contribution is 0.00578. The second-order valence-electron chi connectivity index (χ2n) is 7.26. The number of rotatable bonds is 3. The molecule has 114 valence electrons. The van der Waals surface area contributed by atoms with Crippen LogP contribution in [0.1, 0.15) is 41.5 Å². The number of aliphatic hydroxyl groups is 1. The van der Waals surface area contributed by atoms with Gasteiger partial charge in [0.2, 0.25) is 0 Å². The normalized spacial score (nSPS) is 23.0. The average Bonchev–Trinajstić information content (AvgIpc) is 2.94. The second kappa shape index (κ2) is 4.89. The molecule has 1 aliphatic heterocycles. The number of hydrogen-bond donors (Lipinski definition) is 1. The molecule has 21 heavy (non-hydrogen) atoms. The molecule has 4 heteroatoms. The monoisotopic (exact) mass is 288 g/mol. The summed E-state index contributed by atoms with van der Waals surface area (Å²) in [5.74, 6) is 0.284.